The number of ether oxygens (including phenoxy) is 1. The first-order valence-electron chi connectivity index (χ1n) is 4.78. The summed E-state index contributed by atoms with van der Waals surface area (Å²) in [5.74, 6) is -0.177. The molecule has 0 N–H and O–H groups in total. The average molecular weight is 225 g/mol. The molecule has 1 rings (SSSR count). The Balaban J connectivity index is 2.55. The quantitative estimate of drug-likeness (QED) is 0.583. The van der Waals surface area contributed by atoms with E-state index < -0.39 is 0 Å². The van der Waals surface area contributed by atoms with Crippen molar-refractivity contribution in [2.24, 2.45) is 0 Å². The van der Waals surface area contributed by atoms with Gasteiger partial charge in [-0.15, -0.1) is 11.8 Å². The molecule has 1 atom stereocenters. The molecule has 1 unspecified atom stereocenters. The predicted molar refractivity (Wildman–Crippen MR) is 60.9 cm³/mol. The molecule has 0 amide bonds. The van der Waals surface area contributed by atoms with Gasteiger partial charge in [-0.3, -0.25) is 4.79 Å². The monoisotopic (exact) mass is 225 g/mol. The van der Waals surface area contributed by atoms with Crippen molar-refractivity contribution in [2.75, 3.05) is 7.11 Å². The average Bonchev–Trinajstić information content (AvgIpc) is 2.21. The zero-order valence-electron chi connectivity index (χ0n) is 9.19. The molecule has 0 spiro atoms. The number of aryl methyl sites for hydroxylation is 1. The summed E-state index contributed by atoms with van der Waals surface area (Å²) in [4.78, 5) is 15.3. The lowest BCUT2D eigenvalue weighted by atomic mass is 10.3. The van der Waals surface area contributed by atoms with Crippen LogP contribution in [0.2, 0.25) is 0 Å². The van der Waals surface area contributed by atoms with Crippen LogP contribution in [0.15, 0.2) is 23.4 Å². The minimum atomic E-state index is -0.177. The van der Waals surface area contributed by atoms with Gasteiger partial charge < -0.3 is 4.74 Å². The Kier molecular flexibility index (Phi) is 4.62. The van der Waals surface area contributed by atoms with Gasteiger partial charge in [-0.25, -0.2) is 4.98 Å². The van der Waals surface area contributed by atoms with Crippen LogP contribution >= 0.6 is 11.8 Å². The van der Waals surface area contributed by atoms with E-state index in [1.807, 2.05) is 26.0 Å². The summed E-state index contributed by atoms with van der Waals surface area (Å²) in [5.41, 5.74) is 1.14. The SMILES string of the molecule is COC(=O)CC(C)Sc1ncccc1C. The van der Waals surface area contributed by atoms with E-state index >= 15 is 0 Å². The van der Waals surface area contributed by atoms with Crippen LogP contribution in [0, 0.1) is 6.92 Å². The van der Waals surface area contributed by atoms with E-state index in [2.05, 4.69) is 9.72 Å². The van der Waals surface area contributed by atoms with Crippen LogP contribution < -0.4 is 0 Å². The number of methoxy groups -OCH3 is 1. The van der Waals surface area contributed by atoms with Gasteiger partial charge in [0, 0.05) is 11.4 Å². The summed E-state index contributed by atoms with van der Waals surface area (Å²) in [7, 11) is 1.41. The van der Waals surface area contributed by atoms with Crippen molar-refractivity contribution in [3.63, 3.8) is 0 Å². The Morgan fingerprint density at radius 1 is 1.67 bits per heavy atom. The van der Waals surface area contributed by atoms with Crippen molar-refractivity contribution < 1.29 is 9.53 Å². The fourth-order valence-electron chi connectivity index (χ4n) is 1.14. The minimum Gasteiger partial charge on any atom is -0.469 e. The van der Waals surface area contributed by atoms with E-state index in [1.165, 1.54) is 7.11 Å². The first-order valence-corrected chi connectivity index (χ1v) is 5.66. The van der Waals surface area contributed by atoms with Crippen LogP contribution in [0.4, 0.5) is 0 Å². The Bertz CT molecular complexity index is 341. The van der Waals surface area contributed by atoms with Crippen molar-refractivity contribution in [1.29, 1.82) is 0 Å². The highest BCUT2D eigenvalue weighted by molar-refractivity contribution is 7.99. The van der Waals surface area contributed by atoms with Crippen molar-refractivity contribution in [3.8, 4) is 0 Å². The van der Waals surface area contributed by atoms with Crippen molar-refractivity contribution in [2.45, 2.75) is 30.5 Å². The summed E-state index contributed by atoms with van der Waals surface area (Å²) < 4.78 is 4.62. The van der Waals surface area contributed by atoms with E-state index in [4.69, 9.17) is 0 Å². The maximum Gasteiger partial charge on any atom is 0.306 e. The summed E-state index contributed by atoms with van der Waals surface area (Å²) in [6.07, 6.45) is 2.18. The first-order chi connectivity index (χ1) is 7.13. The van der Waals surface area contributed by atoms with Crippen LogP contribution in [0.25, 0.3) is 0 Å². The lowest BCUT2D eigenvalue weighted by Gasteiger charge is -2.10. The van der Waals surface area contributed by atoms with E-state index in [0.29, 0.717) is 6.42 Å². The van der Waals surface area contributed by atoms with Gasteiger partial charge in [-0.05, 0) is 18.6 Å². The van der Waals surface area contributed by atoms with Gasteiger partial charge in [-0.2, -0.15) is 0 Å². The largest absolute Gasteiger partial charge is 0.469 e. The topological polar surface area (TPSA) is 39.2 Å². The Labute approximate surface area is 94.2 Å². The number of esters is 1. The maximum absolute atomic E-state index is 11.0. The number of carbonyl (C=O) groups is 1. The number of nitrogens with zero attached hydrogens (tertiary/aromatic N) is 1. The normalized spacial score (nSPS) is 12.2. The van der Waals surface area contributed by atoms with Crippen LogP contribution in [0.5, 0.6) is 0 Å². The molecule has 1 aromatic rings. The second-order valence-electron chi connectivity index (χ2n) is 3.33. The number of pyridine rings is 1. The van der Waals surface area contributed by atoms with Gasteiger partial charge in [0.1, 0.15) is 0 Å². The van der Waals surface area contributed by atoms with E-state index in [1.54, 1.807) is 18.0 Å². The Morgan fingerprint density at radius 2 is 2.40 bits per heavy atom. The fraction of sp³-hybridized carbons (Fsp3) is 0.455. The highest BCUT2D eigenvalue weighted by atomic mass is 32.2. The number of hydrogen-bond acceptors (Lipinski definition) is 4. The Morgan fingerprint density at radius 3 is 3.00 bits per heavy atom. The second kappa shape index (κ2) is 5.75. The molecule has 0 aliphatic rings. The molecule has 0 aliphatic carbocycles. The summed E-state index contributed by atoms with van der Waals surface area (Å²) in [5, 5.41) is 1.17. The van der Waals surface area contributed by atoms with E-state index in [0.717, 1.165) is 10.6 Å². The van der Waals surface area contributed by atoms with Crippen molar-refractivity contribution >= 4 is 17.7 Å². The van der Waals surface area contributed by atoms with Gasteiger partial charge in [0.15, 0.2) is 0 Å². The van der Waals surface area contributed by atoms with Gasteiger partial charge in [0.05, 0.1) is 18.6 Å². The third-order valence-corrected chi connectivity index (χ3v) is 3.18. The molecule has 1 aromatic heterocycles. The molecule has 0 saturated carbocycles. The molecule has 15 heavy (non-hydrogen) atoms. The Hall–Kier alpha value is -1.03. The molecule has 0 bridgehead atoms. The number of hydrogen-bond donors (Lipinski definition) is 0. The molecule has 0 aromatic carbocycles. The lowest BCUT2D eigenvalue weighted by molar-refractivity contribution is -0.140. The molecular weight excluding hydrogens is 210 g/mol. The standard InChI is InChI=1S/C11H15NO2S/c1-8-5-4-6-12-11(8)15-9(2)7-10(13)14-3/h4-6,9H,7H2,1-3H3. The van der Waals surface area contributed by atoms with E-state index in [9.17, 15) is 4.79 Å². The second-order valence-corrected chi connectivity index (χ2v) is 4.76. The summed E-state index contributed by atoms with van der Waals surface area (Å²) in [6, 6.07) is 3.92. The molecule has 3 nitrogen and oxygen atoms in total. The summed E-state index contributed by atoms with van der Waals surface area (Å²) in [6.45, 7) is 4.01. The number of thioether (sulfide) groups is 1. The number of rotatable bonds is 4. The highest BCUT2D eigenvalue weighted by Gasteiger charge is 2.12. The van der Waals surface area contributed by atoms with E-state index in [-0.39, 0.29) is 11.2 Å². The molecule has 82 valence electrons. The first kappa shape index (κ1) is 12.0. The van der Waals surface area contributed by atoms with Gasteiger partial charge in [-0.1, -0.05) is 13.0 Å². The maximum atomic E-state index is 11.0. The predicted octanol–water partition coefficient (Wildman–Crippen LogP) is 2.43. The minimum absolute atomic E-state index is 0.177. The highest BCUT2D eigenvalue weighted by Crippen LogP contribution is 2.25. The lowest BCUT2D eigenvalue weighted by Crippen LogP contribution is -2.08. The summed E-state index contributed by atoms with van der Waals surface area (Å²) >= 11 is 1.60. The fourth-order valence-corrected chi connectivity index (χ4v) is 2.12. The van der Waals surface area contributed by atoms with Crippen LogP contribution in [-0.2, 0) is 9.53 Å². The molecule has 0 saturated heterocycles. The zero-order valence-corrected chi connectivity index (χ0v) is 10.0. The third kappa shape index (κ3) is 3.91. The smallest absolute Gasteiger partial charge is 0.306 e. The van der Waals surface area contributed by atoms with Gasteiger partial charge in [0.25, 0.3) is 0 Å². The van der Waals surface area contributed by atoms with Gasteiger partial charge in [0.2, 0.25) is 0 Å². The molecular formula is C11H15NO2S. The van der Waals surface area contributed by atoms with Crippen molar-refractivity contribution in [3.05, 3.63) is 23.9 Å². The van der Waals surface area contributed by atoms with Gasteiger partial charge >= 0.3 is 5.97 Å². The van der Waals surface area contributed by atoms with Crippen LogP contribution in [-0.4, -0.2) is 23.3 Å². The van der Waals surface area contributed by atoms with Crippen LogP contribution in [0.1, 0.15) is 18.9 Å². The van der Waals surface area contributed by atoms with Crippen molar-refractivity contribution in [1.82, 2.24) is 4.98 Å². The molecule has 1 heterocycles. The molecule has 0 aliphatic heterocycles. The third-order valence-electron chi connectivity index (χ3n) is 1.96. The molecule has 0 fully saturated rings. The number of aromatic nitrogens is 1. The molecule has 0 radical (unpaired) electrons. The zero-order chi connectivity index (χ0) is 11.3. The van der Waals surface area contributed by atoms with Crippen LogP contribution in [0.3, 0.4) is 0 Å². The molecule has 4 heteroatoms. The number of carbonyl (C=O) groups excluding carboxylic acids is 1.